The number of imide groups is 2. The number of methoxy groups -OCH3 is 1. The van der Waals surface area contributed by atoms with Crippen LogP contribution >= 0.6 is 11.6 Å². The number of carbonyl (C=O) groups is 3. The van der Waals surface area contributed by atoms with Crippen molar-refractivity contribution in [3.05, 3.63) is 98.1 Å². The minimum absolute atomic E-state index is 0.0403. The molecule has 3 aromatic rings. The number of hydrogen-bond donors (Lipinski definition) is 1. The Bertz CT molecular complexity index is 1470. The molecular formula is C27H22ClN3O7. The number of barbiturate groups is 1. The van der Waals surface area contributed by atoms with E-state index in [1.165, 1.54) is 37.5 Å². The van der Waals surface area contributed by atoms with Crippen LogP contribution in [0.4, 0.5) is 16.2 Å². The van der Waals surface area contributed by atoms with Crippen molar-refractivity contribution in [2.24, 2.45) is 0 Å². The number of nitrogens with one attached hydrogen (secondary N) is 1. The summed E-state index contributed by atoms with van der Waals surface area (Å²) in [5.74, 6) is -1.16. The van der Waals surface area contributed by atoms with Gasteiger partial charge in [0.1, 0.15) is 12.2 Å². The average Bonchev–Trinajstić information content (AvgIpc) is 2.90. The average molecular weight is 536 g/mol. The molecule has 38 heavy (non-hydrogen) atoms. The summed E-state index contributed by atoms with van der Waals surface area (Å²) in [6.45, 7) is 1.95. The zero-order valence-corrected chi connectivity index (χ0v) is 21.2. The Kier molecular flexibility index (Phi) is 7.73. The number of urea groups is 1. The first-order valence-electron chi connectivity index (χ1n) is 11.5. The number of halogens is 1. The summed E-state index contributed by atoms with van der Waals surface area (Å²) < 4.78 is 11.2. The molecule has 194 valence electrons. The zero-order chi connectivity index (χ0) is 27.4. The number of carbonyl (C=O) groups excluding carboxylic acids is 3. The van der Waals surface area contributed by atoms with Crippen molar-refractivity contribution in [1.82, 2.24) is 5.32 Å². The van der Waals surface area contributed by atoms with Gasteiger partial charge >= 0.3 is 6.03 Å². The lowest BCUT2D eigenvalue weighted by Gasteiger charge is -2.28. The summed E-state index contributed by atoms with van der Waals surface area (Å²) in [7, 11) is 1.40. The number of ether oxygens (including phenoxy) is 2. The van der Waals surface area contributed by atoms with E-state index in [0.717, 1.165) is 10.5 Å². The molecule has 3 aromatic carbocycles. The Morgan fingerprint density at radius 2 is 1.79 bits per heavy atom. The van der Waals surface area contributed by atoms with Gasteiger partial charge in [0.15, 0.2) is 11.5 Å². The molecule has 0 aromatic heterocycles. The Hall–Kier alpha value is -4.70. The lowest BCUT2D eigenvalue weighted by atomic mass is 10.0. The number of non-ortho nitro benzene ring substituents is 1. The second kappa shape index (κ2) is 11.1. The van der Waals surface area contributed by atoms with Gasteiger partial charge in [0, 0.05) is 12.1 Å². The smallest absolute Gasteiger partial charge is 0.335 e. The summed E-state index contributed by atoms with van der Waals surface area (Å²) in [5, 5.41) is 13.2. The van der Waals surface area contributed by atoms with E-state index in [-0.39, 0.29) is 34.4 Å². The summed E-state index contributed by atoms with van der Waals surface area (Å²) >= 11 is 6.45. The van der Waals surface area contributed by atoms with E-state index >= 15 is 0 Å². The summed E-state index contributed by atoms with van der Waals surface area (Å²) in [5.41, 5.74) is 1.90. The first kappa shape index (κ1) is 26.4. The first-order valence-corrected chi connectivity index (χ1v) is 11.8. The number of benzene rings is 3. The van der Waals surface area contributed by atoms with Gasteiger partial charge in [0.25, 0.3) is 17.5 Å². The molecule has 1 heterocycles. The van der Waals surface area contributed by atoms with Crippen molar-refractivity contribution in [3.8, 4) is 11.5 Å². The minimum atomic E-state index is -0.834. The molecule has 4 amide bonds. The number of nitro benzene ring substituents is 1. The third-order valence-electron chi connectivity index (χ3n) is 5.81. The maximum atomic E-state index is 13.3. The van der Waals surface area contributed by atoms with Crippen molar-refractivity contribution in [2.75, 3.05) is 12.0 Å². The molecule has 1 fully saturated rings. The van der Waals surface area contributed by atoms with Gasteiger partial charge in [-0.1, -0.05) is 36.7 Å². The Morgan fingerprint density at radius 3 is 2.45 bits per heavy atom. The molecule has 1 aliphatic rings. The first-order chi connectivity index (χ1) is 18.2. The third kappa shape index (κ3) is 5.35. The van der Waals surface area contributed by atoms with Crippen molar-refractivity contribution < 1.29 is 28.8 Å². The van der Waals surface area contributed by atoms with Gasteiger partial charge < -0.3 is 9.47 Å². The predicted molar refractivity (Wildman–Crippen MR) is 140 cm³/mol. The Labute approximate surface area is 222 Å². The second-order valence-corrected chi connectivity index (χ2v) is 8.59. The summed E-state index contributed by atoms with van der Waals surface area (Å²) in [4.78, 5) is 49.8. The highest BCUT2D eigenvalue weighted by molar-refractivity contribution is 6.39. The maximum absolute atomic E-state index is 13.3. The van der Waals surface area contributed by atoms with Crippen LogP contribution in [0.5, 0.6) is 11.5 Å². The van der Waals surface area contributed by atoms with E-state index in [1.54, 1.807) is 36.4 Å². The number of nitro groups is 1. The van der Waals surface area contributed by atoms with E-state index in [9.17, 15) is 24.5 Å². The molecule has 0 atom stereocenters. The number of hydrogen-bond acceptors (Lipinski definition) is 7. The summed E-state index contributed by atoms with van der Waals surface area (Å²) in [6, 6.07) is 15.0. The van der Waals surface area contributed by atoms with Gasteiger partial charge in [-0.2, -0.15) is 0 Å². The fraction of sp³-hybridized carbons (Fsp3) is 0.148. The molecule has 11 heteroatoms. The van der Waals surface area contributed by atoms with Crippen molar-refractivity contribution in [2.45, 2.75) is 20.0 Å². The fourth-order valence-corrected chi connectivity index (χ4v) is 4.18. The normalized spacial score (nSPS) is 14.4. The van der Waals surface area contributed by atoms with Gasteiger partial charge in [-0.15, -0.1) is 0 Å². The fourth-order valence-electron chi connectivity index (χ4n) is 3.90. The van der Waals surface area contributed by atoms with Crippen LogP contribution in [0.3, 0.4) is 0 Å². The van der Waals surface area contributed by atoms with Crippen LogP contribution in [0.15, 0.2) is 66.2 Å². The summed E-state index contributed by atoms with van der Waals surface area (Å²) in [6.07, 6.45) is 1.90. The number of amides is 4. The van der Waals surface area contributed by atoms with E-state index < -0.39 is 22.8 Å². The quantitative estimate of drug-likeness (QED) is 0.185. The molecule has 1 saturated heterocycles. The highest BCUT2D eigenvalue weighted by Gasteiger charge is 2.37. The van der Waals surface area contributed by atoms with Crippen LogP contribution in [-0.2, 0) is 22.6 Å². The Balaban J connectivity index is 1.62. The molecule has 10 nitrogen and oxygen atoms in total. The standard InChI is InChI=1S/C27H22ClN3O7/c1-3-18-6-4-5-7-22(18)30-26(33)20(25(32)29-27(30)34)12-17-13-21(28)24(23(14-17)37-2)38-15-16-8-10-19(11-9-16)31(35)36/h4-14H,3,15H2,1-2H3,(H,29,32,34)/b20-12-. The van der Waals surface area contributed by atoms with E-state index in [2.05, 4.69) is 5.32 Å². The molecular weight excluding hydrogens is 514 g/mol. The minimum Gasteiger partial charge on any atom is -0.493 e. The third-order valence-corrected chi connectivity index (χ3v) is 6.09. The monoisotopic (exact) mass is 535 g/mol. The molecule has 0 spiro atoms. The largest absolute Gasteiger partial charge is 0.493 e. The maximum Gasteiger partial charge on any atom is 0.335 e. The zero-order valence-electron chi connectivity index (χ0n) is 20.4. The molecule has 0 radical (unpaired) electrons. The predicted octanol–water partition coefficient (Wildman–Crippen LogP) is 5.06. The lowest BCUT2D eigenvalue weighted by molar-refractivity contribution is -0.384. The molecule has 4 rings (SSSR count). The molecule has 1 aliphatic heterocycles. The van der Waals surface area contributed by atoms with Crippen LogP contribution in [-0.4, -0.2) is 29.9 Å². The number of para-hydroxylation sites is 1. The van der Waals surface area contributed by atoms with Gasteiger partial charge in [0.2, 0.25) is 0 Å². The Morgan fingerprint density at radius 1 is 1.08 bits per heavy atom. The second-order valence-electron chi connectivity index (χ2n) is 8.19. The number of nitrogens with zero attached hydrogens (tertiary/aromatic N) is 2. The van der Waals surface area contributed by atoms with E-state index in [1.807, 2.05) is 6.92 Å². The highest BCUT2D eigenvalue weighted by Crippen LogP contribution is 2.38. The van der Waals surface area contributed by atoms with E-state index in [4.69, 9.17) is 21.1 Å². The van der Waals surface area contributed by atoms with E-state index in [0.29, 0.717) is 23.2 Å². The molecule has 0 aliphatic carbocycles. The van der Waals surface area contributed by atoms with Gasteiger partial charge in [-0.25, -0.2) is 9.69 Å². The highest BCUT2D eigenvalue weighted by atomic mass is 35.5. The van der Waals surface area contributed by atoms with Crippen LogP contribution in [0, 0.1) is 10.1 Å². The van der Waals surface area contributed by atoms with Crippen molar-refractivity contribution in [3.63, 3.8) is 0 Å². The van der Waals surface area contributed by atoms with Crippen molar-refractivity contribution in [1.29, 1.82) is 0 Å². The number of rotatable bonds is 8. The van der Waals surface area contributed by atoms with Gasteiger partial charge in [-0.05, 0) is 59.5 Å². The number of anilines is 1. The molecule has 0 saturated carbocycles. The van der Waals surface area contributed by atoms with Crippen LogP contribution in [0.25, 0.3) is 6.08 Å². The number of aryl methyl sites for hydroxylation is 1. The SMILES string of the molecule is CCc1ccccc1N1C(=O)NC(=O)/C(=C/c2cc(Cl)c(OCc3ccc([N+](=O)[O-])cc3)c(OC)c2)C1=O. The van der Waals surface area contributed by atoms with Gasteiger partial charge in [-0.3, -0.25) is 25.0 Å². The molecule has 0 unspecified atom stereocenters. The molecule has 1 N–H and O–H groups in total. The van der Waals surface area contributed by atoms with Gasteiger partial charge in [0.05, 0.1) is 22.7 Å². The van der Waals surface area contributed by atoms with Crippen LogP contribution in [0.1, 0.15) is 23.6 Å². The van der Waals surface area contributed by atoms with Crippen LogP contribution < -0.4 is 19.7 Å². The van der Waals surface area contributed by atoms with Crippen LogP contribution in [0.2, 0.25) is 5.02 Å². The topological polar surface area (TPSA) is 128 Å². The molecule has 0 bridgehead atoms. The van der Waals surface area contributed by atoms with Crippen molar-refractivity contribution >= 4 is 46.9 Å². The lowest BCUT2D eigenvalue weighted by Crippen LogP contribution is -2.54.